The quantitative estimate of drug-likeness (QED) is 0.714. The average Bonchev–Trinajstić information content (AvgIpc) is 3.35. The van der Waals surface area contributed by atoms with Crippen LogP contribution in [0.4, 0.5) is 18.9 Å². The van der Waals surface area contributed by atoms with Gasteiger partial charge in [0.05, 0.1) is 16.1 Å². The first-order valence-corrected chi connectivity index (χ1v) is 11.6. The predicted octanol–water partition coefficient (Wildman–Crippen LogP) is 4.21. The number of benzene rings is 2. The van der Waals surface area contributed by atoms with Crippen molar-refractivity contribution in [1.29, 1.82) is 0 Å². The molecule has 166 valence electrons. The van der Waals surface area contributed by atoms with Crippen LogP contribution >= 0.6 is 0 Å². The van der Waals surface area contributed by atoms with Gasteiger partial charge in [-0.25, -0.2) is 8.42 Å². The molecule has 1 N–H and O–H groups in total. The number of nitrogens with one attached hydrogen (secondary N) is 1. The molecular weight excluding hydrogens is 429 g/mol. The zero-order valence-corrected chi connectivity index (χ0v) is 17.5. The van der Waals surface area contributed by atoms with Gasteiger partial charge in [0.1, 0.15) is 6.54 Å². The molecule has 4 rings (SSSR count). The van der Waals surface area contributed by atoms with Gasteiger partial charge in [0, 0.05) is 6.04 Å². The molecule has 31 heavy (non-hydrogen) atoms. The number of sulfonamides is 1. The largest absolute Gasteiger partial charge is 0.416 e. The lowest BCUT2D eigenvalue weighted by molar-refractivity contribution is -0.137. The minimum Gasteiger partial charge on any atom is -0.352 e. The Kier molecular flexibility index (Phi) is 5.72. The van der Waals surface area contributed by atoms with Gasteiger partial charge in [-0.05, 0) is 61.4 Å². The molecule has 0 heterocycles. The van der Waals surface area contributed by atoms with Crippen molar-refractivity contribution in [3.8, 4) is 0 Å². The minimum atomic E-state index is -4.64. The number of amides is 1. The Bertz CT molecular complexity index is 1060. The van der Waals surface area contributed by atoms with Crippen LogP contribution in [-0.2, 0) is 21.0 Å². The van der Waals surface area contributed by atoms with Crippen molar-refractivity contribution in [2.24, 2.45) is 11.8 Å². The summed E-state index contributed by atoms with van der Waals surface area (Å²) in [5.41, 5.74) is -1.19. The fourth-order valence-corrected chi connectivity index (χ4v) is 6.11. The maximum atomic E-state index is 13.3. The third kappa shape index (κ3) is 4.56. The van der Waals surface area contributed by atoms with Crippen molar-refractivity contribution in [2.45, 2.75) is 42.8 Å². The van der Waals surface area contributed by atoms with Gasteiger partial charge in [0.25, 0.3) is 10.0 Å². The molecule has 2 bridgehead atoms. The number of hydrogen-bond donors (Lipinski definition) is 1. The topological polar surface area (TPSA) is 66.5 Å². The Hall–Kier alpha value is -2.55. The first-order valence-electron chi connectivity index (χ1n) is 10.2. The van der Waals surface area contributed by atoms with Crippen molar-refractivity contribution < 1.29 is 26.4 Å². The van der Waals surface area contributed by atoms with E-state index in [0.29, 0.717) is 11.8 Å². The van der Waals surface area contributed by atoms with E-state index in [4.69, 9.17) is 0 Å². The Morgan fingerprint density at radius 1 is 1.03 bits per heavy atom. The first kappa shape index (κ1) is 21.7. The zero-order valence-electron chi connectivity index (χ0n) is 16.7. The summed E-state index contributed by atoms with van der Waals surface area (Å²) < 4.78 is 66.9. The number of hydrogen-bond acceptors (Lipinski definition) is 3. The highest BCUT2D eigenvalue weighted by Gasteiger charge is 2.40. The summed E-state index contributed by atoms with van der Waals surface area (Å²) in [6.45, 7) is -0.591. The van der Waals surface area contributed by atoms with Crippen molar-refractivity contribution in [3.63, 3.8) is 0 Å². The molecule has 5 nitrogen and oxygen atoms in total. The molecule has 2 aliphatic rings. The number of carbonyl (C=O) groups excluding carboxylic acids is 1. The van der Waals surface area contributed by atoms with E-state index in [1.807, 2.05) is 0 Å². The number of anilines is 1. The summed E-state index contributed by atoms with van der Waals surface area (Å²) in [6.07, 6.45) is -0.523. The van der Waals surface area contributed by atoms with Gasteiger partial charge in [0.15, 0.2) is 0 Å². The fourth-order valence-electron chi connectivity index (χ4n) is 4.68. The molecule has 0 unspecified atom stereocenters. The highest BCUT2D eigenvalue weighted by molar-refractivity contribution is 7.92. The zero-order chi connectivity index (χ0) is 22.2. The van der Waals surface area contributed by atoms with Crippen LogP contribution < -0.4 is 9.62 Å². The van der Waals surface area contributed by atoms with E-state index in [-0.39, 0.29) is 16.6 Å². The summed E-state index contributed by atoms with van der Waals surface area (Å²) in [5, 5.41) is 2.91. The maximum absolute atomic E-state index is 13.3. The van der Waals surface area contributed by atoms with Gasteiger partial charge in [-0.3, -0.25) is 9.10 Å². The molecule has 3 atom stereocenters. The SMILES string of the molecule is O=C(CN(c1cccc(C(F)(F)F)c1)S(=O)(=O)c1ccccc1)N[C@@H]1C[C@H]2CC[C@@H]1C2. The molecule has 0 spiro atoms. The molecule has 2 aliphatic carbocycles. The first-order chi connectivity index (χ1) is 14.6. The molecule has 2 fully saturated rings. The van der Waals surface area contributed by atoms with Gasteiger partial charge in [-0.1, -0.05) is 30.7 Å². The number of alkyl halides is 3. The average molecular weight is 452 g/mol. The van der Waals surface area contributed by atoms with Crippen LogP contribution in [0.3, 0.4) is 0 Å². The van der Waals surface area contributed by atoms with E-state index in [1.54, 1.807) is 6.07 Å². The number of fused-ring (bicyclic) bond motifs is 2. The van der Waals surface area contributed by atoms with Gasteiger partial charge in [-0.2, -0.15) is 13.2 Å². The molecule has 0 saturated heterocycles. The van der Waals surface area contributed by atoms with E-state index in [1.165, 1.54) is 30.3 Å². The minimum absolute atomic E-state index is 0.00552. The van der Waals surface area contributed by atoms with E-state index >= 15 is 0 Å². The van der Waals surface area contributed by atoms with E-state index in [2.05, 4.69) is 5.32 Å². The standard InChI is InChI=1S/C22H23F3N2O3S/c23-22(24,25)17-5-4-6-18(13-17)27(31(29,30)19-7-2-1-3-8-19)14-21(28)26-20-12-15-9-10-16(20)11-15/h1-8,13,15-16,20H,9-12,14H2,(H,26,28)/t15-,16+,20+/m0/s1. The molecule has 0 aliphatic heterocycles. The van der Waals surface area contributed by atoms with Gasteiger partial charge in [-0.15, -0.1) is 0 Å². The number of rotatable bonds is 6. The number of halogens is 3. The molecule has 1 amide bonds. The molecule has 0 aromatic heterocycles. The lowest BCUT2D eigenvalue weighted by Crippen LogP contribution is -2.46. The Balaban J connectivity index is 1.64. The predicted molar refractivity (Wildman–Crippen MR) is 110 cm³/mol. The van der Waals surface area contributed by atoms with Gasteiger partial charge < -0.3 is 5.32 Å². The summed E-state index contributed by atoms with van der Waals surface area (Å²) in [6, 6.07) is 11.4. The third-order valence-corrected chi connectivity index (χ3v) is 7.95. The van der Waals surface area contributed by atoms with Crippen molar-refractivity contribution in [1.82, 2.24) is 5.32 Å². The monoisotopic (exact) mass is 452 g/mol. The number of nitrogens with zero attached hydrogens (tertiary/aromatic N) is 1. The summed E-state index contributed by atoms with van der Waals surface area (Å²) in [5.74, 6) is 0.457. The highest BCUT2D eigenvalue weighted by Crippen LogP contribution is 2.44. The lowest BCUT2D eigenvalue weighted by atomic mass is 9.95. The van der Waals surface area contributed by atoms with E-state index < -0.39 is 34.2 Å². The molecule has 2 saturated carbocycles. The van der Waals surface area contributed by atoms with Crippen LogP contribution in [0.25, 0.3) is 0 Å². The van der Waals surface area contributed by atoms with Crippen LogP contribution in [0, 0.1) is 11.8 Å². The van der Waals surface area contributed by atoms with Crippen molar-refractivity contribution in [3.05, 3.63) is 60.2 Å². The molecule has 9 heteroatoms. The number of carbonyl (C=O) groups is 1. The maximum Gasteiger partial charge on any atom is 0.416 e. The van der Waals surface area contributed by atoms with Gasteiger partial charge in [0.2, 0.25) is 5.91 Å². The molecular formula is C22H23F3N2O3S. The van der Waals surface area contributed by atoms with E-state index in [9.17, 15) is 26.4 Å². The third-order valence-electron chi connectivity index (χ3n) is 6.16. The van der Waals surface area contributed by atoms with Crippen LogP contribution in [0.5, 0.6) is 0 Å². The Labute approximate surface area is 179 Å². The van der Waals surface area contributed by atoms with Crippen LogP contribution in [0.15, 0.2) is 59.5 Å². The van der Waals surface area contributed by atoms with Crippen molar-refractivity contribution in [2.75, 3.05) is 10.8 Å². The molecule has 2 aromatic carbocycles. The van der Waals surface area contributed by atoms with E-state index in [0.717, 1.165) is 48.2 Å². The van der Waals surface area contributed by atoms with Gasteiger partial charge >= 0.3 is 6.18 Å². The lowest BCUT2D eigenvalue weighted by Gasteiger charge is -2.27. The summed E-state index contributed by atoms with van der Waals surface area (Å²) in [4.78, 5) is 12.7. The highest BCUT2D eigenvalue weighted by atomic mass is 32.2. The second-order valence-electron chi connectivity index (χ2n) is 8.22. The summed E-state index contributed by atoms with van der Waals surface area (Å²) >= 11 is 0. The second-order valence-corrected chi connectivity index (χ2v) is 10.1. The Morgan fingerprint density at radius 3 is 2.39 bits per heavy atom. The molecule has 2 aromatic rings. The van der Waals surface area contributed by atoms with Crippen LogP contribution in [0.1, 0.15) is 31.2 Å². The molecule has 0 radical (unpaired) electrons. The second kappa shape index (κ2) is 8.18. The summed E-state index contributed by atoms with van der Waals surface area (Å²) in [7, 11) is -4.25. The van der Waals surface area contributed by atoms with Crippen LogP contribution in [0.2, 0.25) is 0 Å². The fraction of sp³-hybridized carbons (Fsp3) is 0.409. The Morgan fingerprint density at radius 2 is 1.77 bits per heavy atom. The van der Waals surface area contributed by atoms with Crippen LogP contribution in [-0.4, -0.2) is 26.9 Å². The van der Waals surface area contributed by atoms with Crippen molar-refractivity contribution >= 4 is 21.6 Å². The normalized spacial score (nSPS) is 23.0. The smallest absolute Gasteiger partial charge is 0.352 e.